The molecule has 30 heavy (non-hydrogen) atoms. The first-order chi connectivity index (χ1) is 14.7. The Labute approximate surface area is 174 Å². The molecule has 2 aromatic heterocycles. The lowest BCUT2D eigenvalue weighted by Crippen LogP contribution is -2.35. The molecule has 0 radical (unpaired) electrons. The van der Waals surface area contributed by atoms with Crippen LogP contribution >= 0.6 is 0 Å². The lowest BCUT2D eigenvalue weighted by molar-refractivity contribution is 0.0966. The zero-order chi connectivity index (χ0) is 20.5. The second kappa shape index (κ2) is 7.76. The maximum atomic E-state index is 12.5. The first kappa shape index (κ1) is 18.6. The van der Waals surface area contributed by atoms with Crippen LogP contribution in [0.25, 0.3) is 11.1 Å². The third-order valence-electron chi connectivity index (χ3n) is 5.80. The quantitative estimate of drug-likeness (QED) is 0.622. The number of aromatic nitrogens is 2. The standard InChI is InChI=1S/C23H23N5O2/c29-17-7-11-28(12-8-17)16-1-4-21(25-13-16)27-20-3-2-18(15-5-9-24-10-6-15)19-14-26-23(30)22(19)20/h1-6,9-10,13,17,29H,7-8,11-12,14H2,(H,25,27)(H,26,30). The molecule has 2 aliphatic rings. The number of nitrogens with zero attached hydrogens (tertiary/aromatic N) is 3. The number of carbonyl (C=O) groups is 1. The van der Waals surface area contributed by atoms with Crippen LogP contribution in [0.15, 0.2) is 55.0 Å². The molecule has 0 bridgehead atoms. The van der Waals surface area contributed by atoms with Crippen LogP contribution in [0.3, 0.4) is 0 Å². The van der Waals surface area contributed by atoms with Gasteiger partial charge in [-0.25, -0.2) is 4.98 Å². The van der Waals surface area contributed by atoms with E-state index in [9.17, 15) is 9.90 Å². The molecular formula is C23H23N5O2. The van der Waals surface area contributed by atoms with E-state index in [2.05, 4.69) is 25.5 Å². The zero-order valence-corrected chi connectivity index (χ0v) is 16.5. The minimum atomic E-state index is -0.196. The molecule has 2 aliphatic heterocycles. The summed E-state index contributed by atoms with van der Waals surface area (Å²) in [6.07, 6.45) is 6.72. The van der Waals surface area contributed by atoms with Crippen molar-refractivity contribution >= 4 is 23.1 Å². The number of piperidine rings is 1. The zero-order valence-electron chi connectivity index (χ0n) is 16.5. The van der Waals surface area contributed by atoms with Gasteiger partial charge < -0.3 is 20.6 Å². The Balaban J connectivity index is 1.40. The highest BCUT2D eigenvalue weighted by molar-refractivity contribution is 6.06. The molecule has 7 heteroatoms. The molecule has 0 saturated carbocycles. The average Bonchev–Trinajstić information content (AvgIpc) is 3.18. The van der Waals surface area contributed by atoms with Gasteiger partial charge in [0.1, 0.15) is 5.82 Å². The molecule has 7 nitrogen and oxygen atoms in total. The Bertz CT molecular complexity index is 1060. The van der Waals surface area contributed by atoms with E-state index in [1.54, 1.807) is 12.4 Å². The molecule has 1 saturated heterocycles. The number of hydrogen-bond acceptors (Lipinski definition) is 6. The molecule has 0 aliphatic carbocycles. The van der Waals surface area contributed by atoms with Crippen molar-refractivity contribution < 1.29 is 9.90 Å². The molecule has 0 spiro atoms. The fraction of sp³-hybridized carbons (Fsp3) is 0.261. The fourth-order valence-corrected chi connectivity index (χ4v) is 4.16. The highest BCUT2D eigenvalue weighted by atomic mass is 16.3. The van der Waals surface area contributed by atoms with Gasteiger partial charge in [0.25, 0.3) is 5.91 Å². The van der Waals surface area contributed by atoms with E-state index in [1.807, 2.05) is 42.6 Å². The van der Waals surface area contributed by atoms with E-state index in [-0.39, 0.29) is 12.0 Å². The normalized spacial score (nSPS) is 16.3. The first-order valence-electron chi connectivity index (χ1n) is 10.2. The molecule has 1 aromatic carbocycles. The number of benzene rings is 1. The van der Waals surface area contributed by atoms with E-state index >= 15 is 0 Å². The van der Waals surface area contributed by atoms with Gasteiger partial charge >= 0.3 is 0 Å². The van der Waals surface area contributed by atoms with Gasteiger partial charge in [0.15, 0.2) is 0 Å². The second-order valence-electron chi connectivity index (χ2n) is 7.68. The van der Waals surface area contributed by atoms with Crippen LogP contribution in [0.2, 0.25) is 0 Å². The monoisotopic (exact) mass is 401 g/mol. The number of rotatable bonds is 4. The highest BCUT2D eigenvalue weighted by Gasteiger charge is 2.26. The number of carbonyl (C=O) groups excluding carboxylic acids is 1. The van der Waals surface area contributed by atoms with Crippen LogP contribution in [-0.4, -0.2) is 40.2 Å². The molecule has 0 unspecified atom stereocenters. The van der Waals surface area contributed by atoms with Gasteiger partial charge in [-0.3, -0.25) is 9.78 Å². The molecule has 1 amide bonds. The molecule has 0 atom stereocenters. The van der Waals surface area contributed by atoms with Crippen LogP contribution < -0.4 is 15.5 Å². The van der Waals surface area contributed by atoms with Crippen molar-refractivity contribution in [3.63, 3.8) is 0 Å². The molecule has 5 rings (SSSR count). The SMILES string of the molecule is O=C1NCc2c(-c3ccncc3)ccc(Nc3ccc(N4CCC(O)CC4)cn3)c21. The van der Waals surface area contributed by atoms with E-state index < -0.39 is 0 Å². The summed E-state index contributed by atoms with van der Waals surface area (Å²) in [6, 6.07) is 11.8. The smallest absolute Gasteiger partial charge is 0.254 e. The Morgan fingerprint density at radius 2 is 1.87 bits per heavy atom. The largest absolute Gasteiger partial charge is 0.393 e. The van der Waals surface area contributed by atoms with Gasteiger partial charge in [-0.05, 0) is 59.9 Å². The predicted octanol–water partition coefficient (Wildman–Crippen LogP) is 3.09. The van der Waals surface area contributed by atoms with Gasteiger partial charge in [0.2, 0.25) is 0 Å². The number of amides is 1. The van der Waals surface area contributed by atoms with E-state index in [4.69, 9.17) is 0 Å². The van der Waals surface area contributed by atoms with Crippen molar-refractivity contribution in [3.8, 4) is 11.1 Å². The van der Waals surface area contributed by atoms with E-state index in [1.165, 1.54) is 0 Å². The lowest BCUT2D eigenvalue weighted by atomic mass is 9.96. The third kappa shape index (κ3) is 3.48. The Morgan fingerprint density at radius 3 is 2.60 bits per heavy atom. The number of pyridine rings is 2. The van der Waals surface area contributed by atoms with Gasteiger partial charge in [0.05, 0.1) is 29.2 Å². The summed E-state index contributed by atoms with van der Waals surface area (Å²) in [7, 11) is 0. The van der Waals surface area contributed by atoms with Crippen LogP contribution in [0, 0.1) is 0 Å². The lowest BCUT2D eigenvalue weighted by Gasteiger charge is -2.31. The van der Waals surface area contributed by atoms with Crippen molar-refractivity contribution in [3.05, 3.63) is 66.1 Å². The predicted molar refractivity (Wildman–Crippen MR) is 116 cm³/mol. The summed E-state index contributed by atoms with van der Waals surface area (Å²) in [5, 5.41) is 15.9. The molecule has 1 fully saturated rings. The second-order valence-corrected chi connectivity index (χ2v) is 7.68. The van der Waals surface area contributed by atoms with E-state index in [0.717, 1.165) is 54.0 Å². The number of nitrogens with one attached hydrogen (secondary N) is 2. The van der Waals surface area contributed by atoms with Crippen LogP contribution in [0.1, 0.15) is 28.8 Å². The fourth-order valence-electron chi connectivity index (χ4n) is 4.16. The third-order valence-corrected chi connectivity index (χ3v) is 5.80. The number of hydrogen-bond donors (Lipinski definition) is 3. The van der Waals surface area contributed by atoms with Crippen molar-refractivity contribution in [1.29, 1.82) is 0 Å². The summed E-state index contributed by atoms with van der Waals surface area (Å²) < 4.78 is 0. The van der Waals surface area contributed by atoms with Gasteiger partial charge in [-0.15, -0.1) is 0 Å². The summed E-state index contributed by atoms with van der Waals surface area (Å²) in [4.78, 5) is 23.4. The first-order valence-corrected chi connectivity index (χ1v) is 10.2. The van der Waals surface area contributed by atoms with Crippen molar-refractivity contribution in [2.45, 2.75) is 25.5 Å². The molecule has 3 aromatic rings. The Kier molecular flexibility index (Phi) is 4.80. The molecular weight excluding hydrogens is 378 g/mol. The van der Waals surface area contributed by atoms with Gasteiger partial charge in [-0.1, -0.05) is 6.07 Å². The highest BCUT2D eigenvalue weighted by Crippen LogP contribution is 2.35. The van der Waals surface area contributed by atoms with E-state index in [0.29, 0.717) is 17.9 Å². The van der Waals surface area contributed by atoms with Crippen LogP contribution in [-0.2, 0) is 6.54 Å². The number of aliphatic hydroxyl groups excluding tert-OH is 1. The van der Waals surface area contributed by atoms with Crippen LogP contribution in [0.5, 0.6) is 0 Å². The Morgan fingerprint density at radius 1 is 1.07 bits per heavy atom. The van der Waals surface area contributed by atoms with Gasteiger partial charge in [-0.2, -0.15) is 0 Å². The maximum absolute atomic E-state index is 12.5. The Hall–Kier alpha value is -3.45. The van der Waals surface area contributed by atoms with Crippen molar-refractivity contribution in [2.24, 2.45) is 0 Å². The topological polar surface area (TPSA) is 90.4 Å². The maximum Gasteiger partial charge on any atom is 0.254 e. The minimum absolute atomic E-state index is 0.0769. The summed E-state index contributed by atoms with van der Waals surface area (Å²) in [5.74, 6) is 0.612. The molecule has 152 valence electrons. The molecule has 4 heterocycles. The average molecular weight is 401 g/mol. The van der Waals surface area contributed by atoms with Crippen LogP contribution in [0.4, 0.5) is 17.2 Å². The van der Waals surface area contributed by atoms with Crippen molar-refractivity contribution in [1.82, 2.24) is 15.3 Å². The summed E-state index contributed by atoms with van der Waals surface area (Å²) in [6.45, 7) is 2.17. The minimum Gasteiger partial charge on any atom is -0.393 e. The summed E-state index contributed by atoms with van der Waals surface area (Å²) in [5.41, 5.74) is 5.52. The summed E-state index contributed by atoms with van der Waals surface area (Å²) >= 11 is 0. The molecule has 3 N–H and O–H groups in total. The van der Waals surface area contributed by atoms with Gasteiger partial charge in [0, 0.05) is 32.0 Å². The number of aliphatic hydroxyl groups is 1. The number of fused-ring (bicyclic) bond motifs is 1. The number of anilines is 3. The van der Waals surface area contributed by atoms with Crippen molar-refractivity contribution in [2.75, 3.05) is 23.3 Å².